The highest BCUT2D eigenvalue weighted by atomic mass is 32.2. The second kappa shape index (κ2) is 14.3. The van der Waals surface area contributed by atoms with Crippen molar-refractivity contribution in [1.82, 2.24) is 19.6 Å². The summed E-state index contributed by atoms with van der Waals surface area (Å²) < 4.78 is 72.4. The number of rotatable bonds is 11. The van der Waals surface area contributed by atoms with E-state index in [1.165, 1.54) is 22.9 Å². The van der Waals surface area contributed by atoms with Crippen molar-refractivity contribution in [2.24, 2.45) is 11.7 Å². The SMILES string of the molecule is C[C@H]1C[C@@H](c2ccncc2Nc2ncc3ccc(-c4c(F)cc(COC5CCOCC5)cc4F)nn23)C[C@@H](N)[C@H]1OCCS(C)(=O)=O. The summed E-state index contributed by atoms with van der Waals surface area (Å²) in [6.45, 7) is 3.51. The van der Waals surface area contributed by atoms with Crippen LogP contribution in [-0.4, -0.2) is 78.1 Å². The van der Waals surface area contributed by atoms with E-state index in [-0.39, 0.29) is 60.3 Å². The van der Waals surface area contributed by atoms with Gasteiger partial charge in [0.1, 0.15) is 21.5 Å². The number of nitrogens with one attached hydrogen (secondary N) is 1. The molecule has 0 spiro atoms. The summed E-state index contributed by atoms with van der Waals surface area (Å²) in [5, 5.41) is 7.89. The summed E-state index contributed by atoms with van der Waals surface area (Å²) >= 11 is 0. The van der Waals surface area contributed by atoms with Crippen LogP contribution in [0.1, 0.15) is 49.7 Å². The van der Waals surface area contributed by atoms with Crippen molar-refractivity contribution in [2.45, 2.75) is 63.4 Å². The quantitative estimate of drug-likeness (QED) is 0.229. The lowest BCUT2D eigenvalue weighted by Gasteiger charge is -2.39. The molecule has 4 aromatic rings. The Balaban J connectivity index is 1.19. The molecule has 3 aromatic heterocycles. The van der Waals surface area contributed by atoms with Crippen LogP contribution in [0.3, 0.4) is 0 Å². The zero-order valence-corrected chi connectivity index (χ0v) is 27.3. The second-order valence-electron chi connectivity index (χ2n) is 12.6. The van der Waals surface area contributed by atoms with Crippen molar-refractivity contribution in [2.75, 3.05) is 37.1 Å². The van der Waals surface area contributed by atoms with Gasteiger partial charge in [-0.2, -0.15) is 9.61 Å². The number of pyridine rings is 1. The fourth-order valence-electron chi connectivity index (χ4n) is 6.54. The highest BCUT2D eigenvalue weighted by Gasteiger charge is 2.36. The fourth-order valence-corrected chi connectivity index (χ4v) is 6.94. The summed E-state index contributed by atoms with van der Waals surface area (Å²) in [5.74, 6) is -0.984. The zero-order valence-electron chi connectivity index (χ0n) is 26.4. The van der Waals surface area contributed by atoms with Gasteiger partial charge >= 0.3 is 0 Å². The number of aromatic nitrogens is 4. The normalized spacial score (nSPS) is 22.5. The molecule has 1 aliphatic heterocycles. The molecule has 11 nitrogen and oxygen atoms in total. The molecule has 252 valence electrons. The van der Waals surface area contributed by atoms with Gasteiger partial charge in [-0.15, -0.1) is 0 Å². The first-order chi connectivity index (χ1) is 22.6. The number of halogens is 2. The van der Waals surface area contributed by atoms with Gasteiger partial charge in [0, 0.05) is 31.7 Å². The van der Waals surface area contributed by atoms with E-state index in [0.29, 0.717) is 42.4 Å². The largest absolute Gasteiger partial charge is 0.381 e. The van der Waals surface area contributed by atoms with Crippen molar-refractivity contribution in [3.05, 3.63) is 71.7 Å². The van der Waals surface area contributed by atoms with Gasteiger partial charge in [-0.1, -0.05) is 6.92 Å². The first-order valence-corrected chi connectivity index (χ1v) is 17.9. The molecule has 47 heavy (non-hydrogen) atoms. The van der Waals surface area contributed by atoms with Crippen LogP contribution in [-0.2, 0) is 30.7 Å². The number of benzene rings is 1. The van der Waals surface area contributed by atoms with Crippen LogP contribution >= 0.6 is 0 Å². The van der Waals surface area contributed by atoms with Gasteiger partial charge < -0.3 is 25.3 Å². The third kappa shape index (κ3) is 7.95. The third-order valence-corrected chi connectivity index (χ3v) is 9.81. The van der Waals surface area contributed by atoms with E-state index < -0.39 is 21.5 Å². The molecule has 0 amide bonds. The molecule has 4 heterocycles. The average Bonchev–Trinajstić information content (AvgIpc) is 3.43. The van der Waals surface area contributed by atoms with Crippen LogP contribution in [0.15, 0.2) is 48.9 Å². The number of fused-ring (bicyclic) bond motifs is 1. The first kappa shape index (κ1) is 33.3. The molecule has 4 atom stereocenters. The minimum absolute atomic E-state index is 0.00834. The van der Waals surface area contributed by atoms with Gasteiger partial charge in [-0.05, 0) is 79.0 Å². The number of nitrogens with zero attached hydrogens (tertiary/aromatic N) is 4. The summed E-state index contributed by atoms with van der Waals surface area (Å²) in [6, 6.07) is 7.49. The second-order valence-corrected chi connectivity index (χ2v) is 14.8. The molecule has 2 aliphatic rings. The number of imidazole rings is 1. The molecular weight excluding hydrogens is 630 g/mol. The standard InChI is InChI=1S/C33H40F2N6O5S/c1-20-13-22(16-28(36)32(20)45-11-12-47(2,42)43)25-5-8-37-18-30(25)39-33-38-17-23-3-4-29(40-41(23)33)31-26(34)14-21(15-27(31)35)19-46-24-6-9-44-10-7-24/h3-5,8,14-15,17-18,20,22,24,28,32H,6-7,9-13,16,19,36H2,1-2H3,(H,38,39)/t20-,22+,28+,32-/m0/s1. The average molecular weight is 671 g/mol. The van der Waals surface area contributed by atoms with Gasteiger partial charge in [-0.25, -0.2) is 22.2 Å². The van der Waals surface area contributed by atoms with E-state index in [1.807, 2.05) is 6.07 Å². The van der Waals surface area contributed by atoms with E-state index in [0.717, 1.165) is 24.8 Å². The Morgan fingerprint density at radius 2 is 1.85 bits per heavy atom. The van der Waals surface area contributed by atoms with Gasteiger partial charge in [0.2, 0.25) is 5.95 Å². The van der Waals surface area contributed by atoms with Crippen molar-refractivity contribution in [3.63, 3.8) is 0 Å². The van der Waals surface area contributed by atoms with Crippen molar-refractivity contribution in [1.29, 1.82) is 0 Å². The number of hydrogen-bond donors (Lipinski definition) is 2. The topological polar surface area (TPSA) is 143 Å². The summed E-state index contributed by atoms with van der Waals surface area (Å²) in [6.07, 6.45) is 8.90. The Kier molecular flexibility index (Phi) is 10.1. The van der Waals surface area contributed by atoms with Crippen LogP contribution < -0.4 is 11.1 Å². The number of anilines is 2. The molecule has 1 saturated heterocycles. The van der Waals surface area contributed by atoms with Crippen LogP contribution in [0.25, 0.3) is 16.8 Å². The van der Waals surface area contributed by atoms with Crippen molar-refractivity contribution in [3.8, 4) is 11.3 Å². The van der Waals surface area contributed by atoms with Crippen molar-refractivity contribution < 1.29 is 31.4 Å². The Labute approximate surface area is 272 Å². The molecule has 0 radical (unpaired) electrons. The molecule has 6 rings (SSSR count). The van der Waals surface area contributed by atoms with Gasteiger partial charge in [0.15, 0.2) is 0 Å². The highest BCUT2D eigenvalue weighted by Crippen LogP contribution is 2.40. The molecule has 1 aliphatic carbocycles. The smallest absolute Gasteiger partial charge is 0.229 e. The highest BCUT2D eigenvalue weighted by molar-refractivity contribution is 7.90. The van der Waals surface area contributed by atoms with E-state index in [4.69, 9.17) is 19.9 Å². The maximum absolute atomic E-state index is 15.4. The van der Waals surface area contributed by atoms with Gasteiger partial charge in [0.25, 0.3) is 0 Å². The maximum atomic E-state index is 15.4. The molecule has 0 bridgehead atoms. The lowest BCUT2D eigenvalue weighted by molar-refractivity contribution is -0.0391. The maximum Gasteiger partial charge on any atom is 0.229 e. The predicted molar refractivity (Wildman–Crippen MR) is 173 cm³/mol. The molecular formula is C33H40F2N6O5S. The van der Waals surface area contributed by atoms with Crippen LogP contribution in [0, 0.1) is 17.6 Å². The van der Waals surface area contributed by atoms with Gasteiger partial charge in [0.05, 0.1) is 66.0 Å². The minimum Gasteiger partial charge on any atom is -0.381 e. The minimum atomic E-state index is -3.13. The van der Waals surface area contributed by atoms with E-state index in [1.54, 1.807) is 30.7 Å². The van der Waals surface area contributed by atoms with Crippen LogP contribution in [0.4, 0.5) is 20.4 Å². The molecule has 1 saturated carbocycles. The summed E-state index contributed by atoms with van der Waals surface area (Å²) in [7, 11) is -3.13. The Morgan fingerprint density at radius 1 is 1.09 bits per heavy atom. The Bertz CT molecular complexity index is 1780. The molecule has 1 aromatic carbocycles. The number of hydrogen-bond acceptors (Lipinski definition) is 10. The van der Waals surface area contributed by atoms with E-state index >= 15 is 8.78 Å². The lowest BCUT2D eigenvalue weighted by atomic mass is 9.74. The Hall–Kier alpha value is -3.56. The van der Waals surface area contributed by atoms with E-state index in [2.05, 4.69) is 27.3 Å². The van der Waals surface area contributed by atoms with Gasteiger partial charge in [-0.3, -0.25) is 4.98 Å². The molecule has 0 unspecified atom stereocenters. The monoisotopic (exact) mass is 670 g/mol. The fraction of sp³-hybridized carbons (Fsp3) is 0.485. The predicted octanol–water partition coefficient (Wildman–Crippen LogP) is 4.78. The molecule has 14 heteroatoms. The van der Waals surface area contributed by atoms with Crippen LogP contribution in [0.5, 0.6) is 0 Å². The third-order valence-electron chi connectivity index (χ3n) is 8.90. The lowest BCUT2D eigenvalue weighted by Crippen LogP contribution is -2.47. The zero-order chi connectivity index (χ0) is 33.1. The Morgan fingerprint density at radius 3 is 2.57 bits per heavy atom. The molecule has 3 N–H and O–H groups in total. The number of sulfone groups is 1. The molecule has 2 fully saturated rings. The first-order valence-electron chi connectivity index (χ1n) is 15.8. The number of nitrogens with two attached hydrogens (primary N) is 1. The number of ether oxygens (including phenoxy) is 3. The summed E-state index contributed by atoms with van der Waals surface area (Å²) in [4.78, 5) is 8.80. The van der Waals surface area contributed by atoms with E-state index in [9.17, 15) is 8.42 Å². The summed E-state index contributed by atoms with van der Waals surface area (Å²) in [5.41, 5.74) is 9.17. The van der Waals surface area contributed by atoms with Crippen molar-refractivity contribution >= 4 is 27.0 Å². The van der Waals surface area contributed by atoms with Crippen LogP contribution in [0.2, 0.25) is 0 Å².